The van der Waals surface area contributed by atoms with E-state index < -0.39 is 5.82 Å². The molecule has 0 unspecified atom stereocenters. The molecule has 106 valence electrons. The highest BCUT2D eigenvalue weighted by Crippen LogP contribution is 2.15. The number of rotatable bonds is 3. The fourth-order valence-corrected chi connectivity index (χ4v) is 2.08. The molecule has 0 aliphatic rings. The van der Waals surface area contributed by atoms with E-state index >= 15 is 0 Å². The lowest BCUT2D eigenvalue weighted by Crippen LogP contribution is -2.24. The molecule has 0 radical (unpaired) electrons. The molecular formula is C14H17FN4O. The predicted octanol–water partition coefficient (Wildman–Crippen LogP) is 1.69. The summed E-state index contributed by atoms with van der Waals surface area (Å²) in [6.45, 7) is 4.19. The Labute approximate surface area is 116 Å². The van der Waals surface area contributed by atoms with Crippen LogP contribution >= 0.6 is 0 Å². The first kappa shape index (κ1) is 14.0. The standard InChI is InChI=1S/C14H17FN4O/c1-8-12(9(2)19(3)18-8)7-17-14(20)11-5-4-10(15)6-13(11)16/h4-6H,7,16H2,1-3H3,(H,17,20). The summed E-state index contributed by atoms with van der Waals surface area (Å²) in [6.07, 6.45) is 0. The van der Waals surface area contributed by atoms with Crippen molar-refractivity contribution in [2.45, 2.75) is 20.4 Å². The van der Waals surface area contributed by atoms with Crippen molar-refractivity contribution >= 4 is 11.6 Å². The number of carbonyl (C=O) groups excluding carboxylic acids is 1. The van der Waals surface area contributed by atoms with Gasteiger partial charge in [-0.2, -0.15) is 5.10 Å². The van der Waals surface area contributed by atoms with E-state index in [0.717, 1.165) is 23.0 Å². The molecule has 1 aromatic carbocycles. The average molecular weight is 276 g/mol. The van der Waals surface area contributed by atoms with Gasteiger partial charge < -0.3 is 11.1 Å². The van der Waals surface area contributed by atoms with Crippen molar-refractivity contribution in [3.05, 3.63) is 46.5 Å². The molecule has 0 aliphatic heterocycles. The number of aromatic nitrogens is 2. The minimum absolute atomic E-state index is 0.127. The van der Waals surface area contributed by atoms with Crippen LogP contribution in [0.1, 0.15) is 27.3 Å². The van der Waals surface area contributed by atoms with Gasteiger partial charge in [0.25, 0.3) is 5.91 Å². The Morgan fingerprint density at radius 2 is 2.15 bits per heavy atom. The van der Waals surface area contributed by atoms with Crippen molar-refractivity contribution in [3.63, 3.8) is 0 Å². The van der Waals surface area contributed by atoms with Crippen LogP contribution in [0.2, 0.25) is 0 Å². The Hall–Kier alpha value is -2.37. The Kier molecular flexibility index (Phi) is 3.74. The number of hydrogen-bond donors (Lipinski definition) is 2. The molecule has 0 saturated carbocycles. The van der Waals surface area contributed by atoms with Gasteiger partial charge in [-0.1, -0.05) is 0 Å². The molecule has 6 heteroatoms. The molecule has 20 heavy (non-hydrogen) atoms. The van der Waals surface area contributed by atoms with Gasteiger partial charge in [-0.25, -0.2) is 4.39 Å². The lowest BCUT2D eigenvalue weighted by molar-refractivity contribution is 0.0951. The Morgan fingerprint density at radius 1 is 1.45 bits per heavy atom. The quantitative estimate of drug-likeness (QED) is 0.838. The van der Waals surface area contributed by atoms with Crippen LogP contribution in [0.4, 0.5) is 10.1 Å². The molecule has 0 aliphatic carbocycles. The zero-order valence-corrected chi connectivity index (χ0v) is 11.7. The number of nitrogens with two attached hydrogens (primary N) is 1. The Morgan fingerprint density at radius 3 is 2.70 bits per heavy atom. The Balaban J connectivity index is 2.12. The first-order valence-corrected chi connectivity index (χ1v) is 6.22. The summed E-state index contributed by atoms with van der Waals surface area (Å²) in [5.74, 6) is -0.789. The molecule has 2 aromatic rings. The number of carbonyl (C=O) groups is 1. The highest BCUT2D eigenvalue weighted by molar-refractivity contribution is 5.99. The second kappa shape index (κ2) is 5.32. The van der Waals surface area contributed by atoms with Crippen molar-refractivity contribution in [1.29, 1.82) is 0 Å². The van der Waals surface area contributed by atoms with E-state index in [9.17, 15) is 9.18 Å². The van der Waals surface area contributed by atoms with E-state index in [0.29, 0.717) is 6.54 Å². The Bertz CT molecular complexity index is 663. The van der Waals surface area contributed by atoms with Gasteiger partial charge in [0, 0.05) is 30.5 Å². The zero-order chi connectivity index (χ0) is 14.9. The summed E-state index contributed by atoms with van der Waals surface area (Å²) in [5, 5.41) is 7.06. The molecule has 0 saturated heterocycles. The van der Waals surface area contributed by atoms with Crippen molar-refractivity contribution in [1.82, 2.24) is 15.1 Å². The first-order valence-electron chi connectivity index (χ1n) is 6.22. The maximum atomic E-state index is 12.9. The monoisotopic (exact) mass is 276 g/mol. The normalized spacial score (nSPS) is 10.6. The van der Waals surface area contributed by atoms with Crippen molar-refractivity contribution in [2.75, 3.05) is 5.73 Å². The third-order valence-corrected chi connectivity index (χ3v) is 3.34. The molecule has 0 bridgehead atoms. The van der Waals surface area contributed by atoms with Gasteiger partial charge in [-0.3, -0.25) is 9.48 Å². The van der Waals surface area contributed by atoms with E-state index in [1.165, 1.54) is 12.1 Å². The topological polar surface area (TPSA) is 72.9 Å². The van der Waals surface area contributed by atoms with E-state index in [4.69, 9.17) is 5.73 Å². The third kappa shape index (κ3) is 2.64. The van der Waals surface area contributed by atoms with Gasteiger partial charge in [-0.05, 0) is 32.0 Å². The summed E-state index contributed by atoms with van der Waals surface area (Å²) in [7, 11) is 1.85. The predicted molar refractivity (Wildman–Crippen MR) is 74.7 cm³/mol. The minimum atomic E-state index is -0.460. The summed E-state index contributed by atoms with van der Waals surface area (Å²) < 4.78 is 14.7. The van der Waals surface area contributed by atoms with E-state index in [1.807, 2.05) is 20.9 Å². The van der Waals surface area contributed by atoms with Gasteiger partial charge in [0.05, 0.1) is 11.3 Å². The molecular weight excluding hydrogens is 259 g/mol. The van der Waals surface area contributed by atoms with Crippen LogP contribution in [0, 0.1) is 19.7 Å². The number of amides is 1. The highest BCUT2D eigenvalue weighted by atomic mass is 19.1. The van der Waals surface area contributed by atoms with Crippen molar-refractivity contribution < 1.29 is 9.18 Å². The molecule has 3 N–H and O–H groups in total. The van der Waals surface area contributed by atoms with Crippen LogP contribution in [0.15, 0.2) is 18.2 Å². The van der Waals surface area contributed by atoms with Gasteiger partial charge in [0.1, 0.15) is 5.82 Å². The number of anilines is 1. The van der Waals surface area contributed by atoms with Crippen LogP contribution in [0.25, 0.3) is 0 Å². The van der Waals surface area contributed by atoms with E-state index in [2.05, 4.69) is 10.4 Å². The number of aryl methyl sites for hydroxylation is 2. The first-order chi connectivity index (χ1) is 9.40. The van der Waals surface area contributed by atoms with Gasteiger partial charge in [0.2, 0.25) is 0 Å². The van der Waals surface area contributed by atoms with Crippen LogP contribution in [-0.2, 0) is 13.6 Å². The molecule has 1 aromatic heterocycles. The maximum Gasteiger partial charge on any atom is 0.253 e. The fourth-order valence-electron chi connectivity index (χ4n) is 2.08. The number of hydrogen-bond acceptors (Lipinski definition) is 3. The second-order valence-corrected chi connectivity index (χ2v) is 4.69. The van der Waals surface area contributed by atoms with Crippen LogP contribution < -0.4 is 11.1 Å². The lowest BCUT2D eigenvalue weighted by Gasteiger charge is -2.08. The smallest absolute Gasteiger partial charge is 0.253 e. The summed E-state index contributed by atoms with van der Waals surface area (Å²) in [4.78, 5) is 12.0. The van der Waals surface area contributed by atoms with E-state index in [-0.39, 0.29) is 17.2 Å². The maximum absolute atomic E-state index is 12.9. The molecule has 0 spiro atoms. The number of nitrogens with one attached hydrogen (secondary N) is 1. The van der Waals surface area contributed by atoms with Crippen molar-refractivity contribution in [2.24, 2.45) is 7.05 Å². The average Bonchev–Trinajstić information content (AvgIpc) is 2.61. The zero-order valence-electron chi connectivity index (χ0n) is 11.7. The molecule has 1 heterocycles. The second-order valence-electron chi connectivity index (χ2n) is 4.69. The van der Waals surface area contributed by atoms with Crippen LogP contribution in [0.5, 0.6) is 0 Å². The van der Waals surface area contributed by atoms with E-state index in [1.54, 1.807) is 4.68 Å². The number of nitrogens with zero attached hydrogens (tertiary/aromatic N) is 2. The summed E-state index contributed by atoms with van der Waals surface area (Å²) in [6, 6.07) is 3.73. The highest BCUT2D eigenvalue weighted by Gasteiger charge is 2.13. The number of halogens is 1. The third-order valence-electron chi connectivity index (χ3n) is 3.34. The van der Waals surface area contributed by atoms with Gasteiger partial charge in [0.15, 0.2) is 0 Å². The van der Waals surface area contributed by atoms with Crippen molar-refractivity contribution in [3.8, 4) is 0 Å². The summed E-state index contributed by atoms with van der Waals surface area (Å²) >= 11 is 0. The van der Waals surface area contributed by atoms with Crippen LogP contribution in [0.3, 0.4) is 0 Å². The minimum Gasteiger partial charge on any atom is -0.398 e. The molecule has 2 rings (SSSR count). The summed E-state index contributed by atoms with van der Waals surface area (Å²) in [5.41, 5.74) is 8.88. The molecule has 0 fully saturated rings. The fraction of sp³-hybridized carbons (Fsp3) is 0.286. The lowest BCUT2D eigenvalue weighted by atomic mass is 10.1. The van der Waals surface area contributed by atoms with Gasteiger partial charge in [-0.15, -0.1) is 0 Å². The number of nitrogen functional groups attached to an aromatic ring is 1. The largest absolute Gasteiger partial charge is 0.398 e. The molecule has 0 atom stereocenters. The molecule has 5 nitrogen and oxygen atoms in total. The van der Waals surface area contributed by atoms with Crippen LogP contribution in [-0.4, -0.2) is 15.7 Å². The van der Waals surface area contributed by atoms with Gasteiger partial charge >= 0.3 is 0 Å². The number of benzene rings is 1. The molecule has 1 amide bonds. The SMILES string of the molecule is Cc1nn(C)c(C)c1CNC(=O)c1ccc(F)cc1N.